The Morgan fingerprint density at radius 1 is 1.18 bits per heavy atom. The minimum Gasteiger partial charge on any atom is -0.391 e. The van der Waals surface area contributed by atoms with E-state index < -0.39 is 0 Å². The van der Waals surface area contributed by atoms with Crippen molar-refractivity contribution in [1.29, 1.82) is 0 Å². The van der Waals surface area contributed by atoms with Crippen molar-refractivity contribution in [3.05, 3.63) is 29.8 Å². The third kappa shape index (κ3) is 3.47. The fourth-order valence-corrected chi connectivity index (χ4v) is 2.55. The Labute approximate surface area is 104 Å². The predicted octanol–water partition coefficient (Wildman–Crippen LogP) is 3.35. The van der Waals surface area contributed by atoms with Gasteiger partial charge in [-0.15, -0.1) is 0 Å². The van der Waals surface area contributed by atoms with E-state index in [0.717, 1.165) is 31.4 Å². The lowest BCUT2D eigenvalue weighted by molar-refractivity contribution is 0.116. The molecule has 2 atom stereocenters. The molecule has 0 amide bonds. The molecule has 1 fully saturated rings. The fraction of sp³-hybridized carbons (Fsp3) is 0.600. The summed E-state index contributed by atoms with van der Waals surface area (Å²) < 4.78 is 0. The van der Waals surface area contributed by atoms with Gasteiger partial charge in [-0.25, -0.2) is 0 Å². The van der Waals surface area contributed by atoms with Crippen molar-refractivity contribution in [2.45, 2.75) is 57.6 Å². The maximum atomic E-state index is 9.91. The van der Waals surface area contributed by atoms with Gasteiger partial charge < -0.3 is 10.4 Å². The highest BCUT2D eigenvalue weighted by atomic mass is 16.3. The zero-order valence-corrected chi connectivity index (χ0v) is 10.7. The van der Waals surface area contributed by atoms with Crippen LogP contribution < -0.4 is 5.32 Å². The van der Waals surface area contributed by atoms with Crippen LogP contribution in [0.3, 0.4) is 0 Å². The van der Waals surface area contributed by atoms with Crippen LogP contribution in [0.25, 0.3) is 0 Å². The van der Waals surface area contributed by atoms with E-state index in [1.165, 1.54) is 18.4 Å². The van der Waals surface area contributed by atoms with Gasteiger partial charge in [0.1, 0.15) is 0 Å². The van der Waals surface area contributed by atoms with Crippen molar-refractivity contribution in [3.63, 3.8) is 0 Å². The second-order valence-electron chi connectivity index (χ2n) is 5.05. The lowest BCUT2D eigenvalue weighted by Crippen LogP contribution is -2.36. The minimum atomic E-state index is -0.181. The smallest absolute Gasteiger partial charge is 0.0741 e. The summed E-state index contributed by atoms with van der Waals surface area (Å²) in [7, 11) is 0. The van der Waals surface area contributed by atoms with E-state index in [4.69, 9.17) is 0 Å². The van der Waals surface area contributed by atoms with Gasteiger partial charge in [0.05, 0.1) is 12.1 Å². The van der Waals surface area contributed by atoms with Gasteiger partial charge in [0.2, 0.25) is 0 Å². The summed E-state index contributed by atoms with van der Waals surface area (Å²) in [5.74, 6) is 0. The molecule has 1 aliphatic carbocycles. The molecule has 2 nitrogen and oxygen atoms in total. The van der Waals surface area contributed by atoms with Crippen LogP contribution in [0.4, 0.5) is 5.69 Å². The number of rotatable bonds is 4. The van der Waals surface area contributed by atoms with Crippen molar-refractivity contribution in [2.75, 3.05) is 5.32 Å². The lowest BCUT2D eigenvalue weighted by Gasteiger charge is -2.29. The van der Waals surface area contributed by atoms with E-state index >= 15 is 0 Å². The van der Waals surface area contributed by atoms with E-state index in [1.807, 2.05) is 0 Å². The Hall–Kier alpha value is -1.02. The summed E-state index contributed by atoms with van der Waals surface area (Å²) >= 11 is 0. The van der Waals surface area contributed by atoms with Crippen LogP contribution in [0.1, 0.15) is 44.6 Å². The van der Waals surface area contributed by atoms with Crippen molar-refractivity contribution < 1.29 is 5.11 Å². The van der Waals surface area contributed by atoms with Gasteiger partial charge in [-0.2, -0.15) is 0 Å². The van der Waals surface area contributed by atoms with Gasteiger partial charge in [0.15, 0.2) is 0 Å². The normalized spacial score (nSPS) is 24.6. The van der Waals surface area contributed by atoms with Gasteiger partial charge in [-0.05, 0) is 37.0 Å². The standard InChI is InChI=1S/C15H23NO/c1-2-5-12-8-10-13(11-9-12)16-14-6-3-4-7-15(14)17/h8-11,14-17H,2-7H2,1H3/t14-,15-/m1/s1. The summed E-state index contributed by atoms with van der Waals surface area (Å²) in [5, 5.41) is 13.4. The van der Waals surface area contributed by atoms with Gasteiger partial charge >= 0.3 is 0 Å². The molecule has 0 saturated heterocycles. The summed E-state index contributed by atoms with van der Waals surface area (Å²) in [6.45, 7) is 2.20. The molecule has 94 valence electrons. The van der Waals surface area contributed by atoms with Crippen LogP contribution in [0, 0.1) is 0 Å². The number of aryl methyl sites for hydroxylation is 1. The monoisotopic (exact) mass is 233 g/mol. The molecule has 0 spiro atoms. The average molecular weight is 233 g/mol. The molecule has 0 aliphatic heterocycles. The largest absolute Gasteiger partial charge is 0.391 e. The first-order valence-corrected chi connectivity index (χ1v) is 6.83. The van der Waals surface area contributed by atoms with Crippen LogP contribution in [-0.4, -0.2) is 17.3 Å². The molecule has 17 heavy (non-hydrogen) atoms. The molecule has 1 saturated carbocycles. The number of aliphatic hydroxyl groups excluding tert-OH is 1. The second-order valence-corrected chi connectivity index (χ2v) is 5.05. The zero-order chi connectivity index (χ0) is 12.1. The average Bonchev–Trinajstić information content (AvgIpc) is 2.35. The first-order chi connectivity index (χ1) is 8.29. The highest BCUT2D eigenvalue weighted by Crippen LogP contribution is 2.22. The third-order valence-corrected chi connectivity index (χ3v) is 3.57. The summed E-state index contributed by atoms with van der Waals surface area (Å²) in [4.78, 5) is 0. The molecule has 1 aliphatic rings. The lowest BCUT2D eigenvalue weighted by atomic mass is 9.92. The molecule has 2 rings (SSSR count). The number of hydrogen-bond donors (Lipinski definition) is 2. The molecule has 0 bridgehead atoms. The van der Waals surface area contributed by atoms with Crippen molar-refractivity contribution in [2.24, 2.45) is 0 Å². The van der Waals surface area contributed by atoms with Crippen molar-refractivity contribution in [3.8, 4) is 0 Å². The van der Waals surface area contributed by atoms with Crippen LogP contribution in [0.2, 0.25) is 0 Å². The van der Waals surface area contributed by atoms with Gasteiger partial charge in [0.25, 0.3) is 0 Å². The van der Waals surface area contributed by atoms with Crippen molar-refractivity contribution in [1.82, 2.24) is 0 Å². The molecule has 2 heteroatoms. The maximum Gasteiger partial charge on any atom is 0.0741 e. The number of anilines is 1. The highest BCUT2D eigenvalue weighted by Gasteiger charge is 2.22. The quantitative estimate of drug-likeness (QED) is 0.836. The number of nitrogens with one attached hydrogen (secondary N) is 1. The Bertz CT molecular complexity index is 333. The van der Waals surface area contributed by atoms with E-state index in [9.17, 15) is 5.11 Å². The fourth-order valence-electron chi connectivity index (χ4n) is 2.55. The van der Waals surface area contributed by atoms with Gasteiger partial charge in [0, 0.05) is 5.69 Å². The SMILES string of the molecule is CCCc1ccc(N[C@@H]2CCCC[C@H]2O)cc1. The molecular weight excluding hydrogens is 210 g/mol. The number of aliphatic hydroxyl groups is 1. The summed E-state index contributed by atoms with van der Waals surface area (Å²) in [6.07, 6.45) is 6.56. The Balaban J connectivity index is 1.93. The predicted molar refractivity (Wildman–Crippen MR) is 72.3 cm³/mol. The molecule has 2 N–H and O–H groups in total. The Kier molecular flexibility index (Phi) is 4.43. The molecular formula is C15H23NO. The Morgan fingerprint density at radius 3 is 2.53 bits per heavy atom. The van der Waals surface area contributed by atoms with Crippen LogP contribution in [0.5, 0.6) is 0 Å². The van der Waals surface area contributed by atoms with Crippen LogP contribution >= 0.6 is 0 Å². The van der Waals surface area contributed by atoms with Gasteiger partial charge in [-0.1, -0.05) is 38.3 Å². The first kappa shape index (κ1) is 12.4. The zero-order valence-electron chi connectivity index (χ0n) is 10.7. The molecule has 0 aromatic heterocycles. The highest BCUT2D eigenvalue weighted by molar-refractivity contribution is 5.45. The van der Waals surface area contributed by atoms with Gasteiger partial charge in [-0.3, -0.25) is 0 Å². The minimum absolute atomic E-state index is 0.181. The van der Waals surface area contributed by atoms with E-state index in [0.29, 0.717) is 0 Å². The first-order valence-electron chi connectivity index (χ1n) is 6.83. The second kappa shape index (κ2) is 6.06. The van der Waals surface area contributed by atoms with Crippen LogP contribution in [0.15, 0.2) is 24.3 Å². The van der Waals surface area contributed by atoms with Crippen LogP contribution in [-0.2, 0) is 6.42 Å². The summed E-state index contributed by atoms with van der Waals surface area (Å²) in [6, 6.07) is 8.86. The van der Waals surface area contributed by atoms with E-state index in [2.05, 4.69) is 36.5 Å². The Morgan fingerprint density at radius 2 is 1.88 bits per heavy atom. The molecule has 1 aromatic carbocycles. The molecule has 0 unspecified atom stereocenters. The molecule has 0 heterocycles. The third-order valence-electron chi connectivity index (χ3n) is 3.57. The maximum absolute atomic E-state index is 9.91. The number of benzene rings is 1. The number of hydrogen-bond acceptors (Lipinski definition) is 2. The van der Waals surface area contributed by atoms with E-state index in [1.54, 1.807) is 0 Å². The molecule has 0 radical (unpaired) electrons. The van der Waals surface area contributed by atoms with Crippen molar-refractivity contribution >= 4 is 5.69 Å². The van der Waals surface area contributed by atoms with E-state index in [-0.39, 0.29) is 12.1 Å². The summed E-state index contributed by atoms with van der Waals surface area (Å²) in [5.41, 5.74) is 2.53. The topological polar surface area (TPSA) is 32.3 Å². The molecule has 1 aromatic rings.